The Morgan fingerprint density at radius 1 is 0.360 bits per heavy atom. The van der Waals surface area contributed by atoms with Gasteiger partial charge in [-0.2, -0.15) is 0 Å². The molecule has 3 N–H and O–H groups in total. The standard InChI is InChI=1S/C69H133NO5/c1-3-5-7-9-11-13-15-17-18-19-32-35-38-41-45-49-53-57-61-67(72)66(65-71)70-68(73)62-58-54-50-46-42-39-36-33-30-28-26-24-22-20-21-23-25-27-29-31-34-37-40-44-48-52-56-60-64-75-69(74)63-59-55-51-47-43-16-14-12-10-8-6-4-2/h12,14,57,61,66-67,71-72H,3-11,13,15-56,58-60,62-65H2,1-2H3,(H,70,73)/b14-12-,61-57+. The van der Waals surface area contributed by atoms with Gasteiger partial charge in [0.2, 0.25) is 5.91 Å². The number of nitrogens with one attached hydrogen (secondary N) is 1. The minimum atomic E-state index is -0.842. The van der Waals surface area contributed by atoms with E-state index in [0.717, 1.165) is 44.9 Å². The van der Waals surface area contributed by atoms with Crippen molar-refractivity contribution in [1.29, 1.82) is 0 Å². The Labute approximate surface area is 469 Å². The molecule has 0 aromatic heterocycles. The molecule has 0 rings (SSSR count). The van der Waals surface area contributed by atoms with Gasteiger partial charge in [0.05, 0.1) is 25.4 Å². The molecule has 444 valence electrons. The monoisotopic (exact) mass is 1060 g/mol. The maximum Gasteiger partial charge on any atom is 0.305 e. The lowest BCUT2D eigenvalue weighted by Gasteiger charge is -2.20. The van der Waals surface area contributed by atoms with E-state index >= 15 is 0 Å². The quantitative estimate of drug-likeness (QED) is 0.0320. The number of esters is 1. The molecule has 0 spiro atoms. The molecular weight excluding hydrogens is 923 g/mol. The summed E-state index contributed by atoms with van der Waals surface area (Å²) in [7, 11) is 0. The molecule has 2 unspecified atom stereocenters. The Hall–Kier alpha value is -1.66. The average Bonchev–Trinajstić information content (AvgIpc) is 3.41. The lowest BCUT2D eigenvalue weighted by Crippen LogP contribution is -2.45. The highest BCUT2D eigenvalue weighted by molar-refractivity contribution is 5.76. The van der Waals surface area contributed by atoms with Gasteiger partial charge in [0.25, 0.3) is 0 Å². The molecule has 6 heteroatoms. The summed E-state index contributed by atoms with van der Waals surface area (Å²) in [5.74, 6) is -0.0528. The molecule has 0 aliphatic rings. The van der Waals surface area contributed by atoms with Gasteiger partial charge < -0.3 is 20.3 Å². The van der Waals surface area contributed by atoms with Crippen molar-refractivity contribution in [2.24, 2.45) is 0 Å². The third kappa shape index (κ3) is 61.4. The largest absolute Gasteiger partial charge is 0.466 e. The number of aliphatic hydroxyl groups excluding tert-OH is 2. The molecule has 0 aromatic rings. The van der Waals surface area contributed by atoms with E-state index in [1.807, 2.05) is 6.08 Å². The molecule has 0 aliphatic heterocycles. The number of ether oxygens (including phenoxy) is 1. The van der Waals surface area contributed by atoms with Gasteiger partial charge in [-0.25, -0.2) is 0 Å². The van der Waals surface area contributed by atoms with Crippen molar-refractivity contribution in [2.45, 2.75) is 392 Å². The number of hydrogen-bond donors (Lipinski definition) is 3. The average molecular weight is 1060 g/mol. The van der Waals surface area contributed by atoms with E-state index in [4.69, 9.17) is 4.74 Å². The Balaban J connectivity index is 3.37. The number of rotatable bonds is 64. The van der Waals surface area contributed by atoms with E-state index in [1.165, 1.54) is 308 Å². The predicted molar refractivity (Wildman–Crippen MR) is 329 cm³/mol. The van der Waals surface area contributed by atoms with Crippen molar-refractivity contribution in [3.8, 4) is 0 Å². The molecule has 0 saturated carbocycles. The number of carbonyl (C=O) groups excluding carboxylic acids is 2. The van der Waals surface area contributed by atoms with Crippen molar-refractivity contribution in [3.63, 3.8) is 0 Å². The highest BCUT2D eigenvalue weighted by atomic mass is 16.5. The first-order valence-electron chi connectivity index (χ1n) is 34.1. The first kappa shape index (κ1) is 73.3. The van der Waals surface area contributed by atoms with Crippen molar-refractivity contribution in [3.05, 3.63) is 24.3 Å². The Bertz CT molecular complexity index is 1170. The maximum absolute atomic E-state index is 12.5. The number of allylic oxidation sites excluding steroid dienone is 3. The summed E-state index contributed by atoms with van der Waals surface area (Å²) in [5, 5.41) is 23.2. The SMILES string of the molecule is CCCCC/C=C\CCCCCCCC(=O)OCCCCCCCCCCCCCCCCCCCCCCCCCCCCCCC(=O)NC(CO)C(O)/C=C/CCCCCCCCCCCCCCCCCC. The second-order valence-electron chi connectivity index (χ2n) is 23.5. The molecule has 0 saturated heterocycles. The number of amides is 1. The van der Waals surface area contributed by atoms with E-state index in [-0.39, 0.29) is 18.5 Å². The molecule has 75 heavy (non-hydrogen) atoms. The Morgan fingerprint density at radius 2 is 0.627 bits per heavy atom. The van der Waals surface area contributed by atoms with Gasteiger partial charge >= 0.3 is 5.97 Å². The molecule has 6 nitrogen and oxygen atoms in total. The third-order valence-electron chi connectivity index (χ3n) is 16.0. The van der Waals surface area contributed by atoms with E-state index in [2.05, 4.69) is 31.3 Å². The molecule has 0 aromatic carbocycles. The lowest BCUT2D eigenvalue weighted by atomic mass is 10.0. The smallest absolute Gasteiger partial charge is 0.305 e. The predicted octanol–water partition coefficient (Wildman–Crippen LogP) is 21.8. The summed E-state index contributed by atoms with van der Waals surface area (Å²) in [5.41, 5.74) is 0. The molecule has 0 fully saturated rings. The van der Waals surface area contributed by atoms with E-state index in [1.54, 1.807) is 6.08 Å². The van der Waals surface area contributed by atoms with Crippen molar-refractivity contribution < 1.29 is 24.5 Å². The summed E-state index contributed by atoms with van der Waals surface area (Å²) in [6.07, 6.45) is 81.1. The van der Waals surface area contributed by atoms with Crippen LogP contribution >= 0.6 is 0 Å². The van der Waals surface area contributed by atoms with Crippen LogP contribution < -0.4 is 5.32 Å². The van der Waals surface area contributed by atoms with E-state index < -0.39 is 12.1 Å². The molecule has 2 atom stereocenters. The van der Waals surface area contributed by atoms with Crippen LogP contribution in [0.4, 0.5) is 0 Å². The van der Waals surface area contributed by atoms with E-state index in [9.17, 15) is 19.8 Å². The second-order valence-corrected chi connectivity index (χ2v) is 23.5. The molecular formula is C69H133NO5. The molecule has 1 amide bonds. The van der Waals surface area contributed by atoms with Gasteiger partial charge in [-0.15, -0.1) is 0 Å². The van der Waals surface area contributed by atoms with Gasteiger partial charge in [0, 0.05) is 12.8 Å². The van der Waals surface area contributed by atoms with Gasteiger partial charge in [-0.05, 0) is 57.8 Å². The van der Waals surface area contributed by atoms with Crippen LogP contribution in [-0.2, 0) is 14.3 Å². The first-order chi connectivity index (χ1) is 37.0. The van der Waals surface area contributed by atoms with Crippen LogP contribution in [0.1, 0.15) is 380 Å². The van der Waals surface area contributed by atoms with Gasteiger partial charge in [-0.3, -0.25) is 9.59 Å². The van der Waals surface area contributed by atoms with Crippen molar-refractivity contribution in [2.75, 3.05) is 13.2 Å². The summed E-state index contributed by atoms with van der Waals surface area (Å²) in [6.45, 7) is 4.91. The second kappa shape index (κ2) is 64.9. The normalized spacial score (nSPS) is 12.6. The zero-order valence-electron chi connectivity index (χ0n) is 50.8. The number of carbonyl (C=O) groups is 2. The molecule has 0 heterocycles. The highest BCUT2D eigenvalue weighted by Gasteiger charge is 2.18. The number of aliphatic hydroxyl groups is 2. The zero-order chi connectivity index (χ0) is 54.3. The fraction of sp³-hybridized carbons (Fsp3) is 0.913. The summed E-state index contributed by atoms with van der Waals surface area (Å²) >= 11 is 0. The van der Waals surface area contributed by atoms with Gasteiger partial charge in [0.1, 0.15) is 0 Å². The minimum absolute atomic E-state index is 0.00878. The topological polar surface area (TPSA) is 95.9 Å². The van der Waals surface area contributed by atoms with Crippen LogP contribution in [0, 0.1) is 0 Å². The van der Waals surface area contributed by atoms with Crippen LogP contribution in [-0.4, -0.2) is 47.4 Å². The van der Waals surface area contributed by atoms with Crippen molar-refractivity contribution in [1.82, 2.24) is 5.32 Å². The summed E-state index contributed by atoms with van der Waals surface area (Å²) in [4.78, 5) is 24.5. The molecule has 0 aliphatic carbocycles. The van der Waals surface area contributed by atoms with Crippen LogP contribution in [0.25, 0.3) is 0 Å². The Morgan fingerprint density at radius 3 is 0.973 bits per heavy atom. The van der Waals surface area contributed by atoms with Crippen LogP contribution in [0.15, 0.2) is 24.3 Å². The zero-order valence-corrected chi connectivity index (χ0v) is 50.8. The molecule has 0 radical (unpaired) electrons. The van der Waals surface area contributed by atoms with Crippen LogP contribution in [0.3, 0.4) is 0 Å². The van der Waals surface area contributed by atoms with Crippen LogP contribution in [0.2, 0.25) is 0 Å². The van der Waals surface area contributed by atoms with Gasteiger partial charge in [-0.1, -0.05) is 334 Å². The fourth-order valence-electron chi connectivity index (χ4n) is 10.7. The van der Waals surface area contributed by atoms with E-state index in [0.29, 0.717) is 19.4 Å². The Kier molecular flexibility index (Phi) is 63.4. The molecule has 0 bridgehead atoms. The van der Waals surface area contributed by atoms with Crippen LogP contribution in [0.5, 0.6) is 0 Å². The van der Waals surface area contributed by atoms with Gasteiger partial charge in [0.15, 0.2) is 0 Å². The number of unbranched alkanes of at least 4 members (excludes halogenated alkanes) is 51. The fourth-order valence-corrected chi connectivity index (χ4v) is 10.7. The third-order valence-corrected chi connectivity index (χ3v) is 16.0. The maximum atomic E-state index is 12.5. The minimum Gasteiger partial charge on any atom is -0.466 e. The highest BCUT2D eigenvalue weighted by Crippen LogP contribution is 2.19. The summed E-state index contributed by atoms with van der Waals surface area (Å²) < 4.78 is 5.47. The number of hydrogen-bond acceptors (Lipinski definition) is 5. The first-order valence-corrected chi connectivity index (χ1v) is 34.1. The lowest BCUT2D eigenvalue weighted by molar-refractivity contribution is -0.143. The van der Waals surface area contributed by atoms with Crippen molar-refractivity contribution >= 4 is 11.9 Å². The summed E-state index contributed by atoms with van der Waals surface area (Å²) in [6, 6.07) is -0.625.